The Balaban J connectivity index is 1.46. The molecule has 0 bridgehead atoms. The number of tetrazole rings is 1. The van der Waals surface area contributed by atoms with Crippen molar-refractivity contribution in [3.05, 3.63) is 64.9 Å². The van der Waals surface area contributed by atoms with Gasteiger partial charge in [0.2, 0.25) is 5.89 Å². The van der Waals surface area contributed by atoms with Gasteiger partial charge in [-0.1, -0.05) is 19.1 Å². The highest BCUT2D eigenvalue weighted by Gasteiger charge is 2.09. The average Bonchev–Trinajstić information content (AvgIpc) is 3.24. The zero-order valence-corrected chi connectivity index (χ0v) is 14.2. The summed E-state index contributed by atoms with van der Waals surface area (Å²) in [7, 11) is 0. The number of oxazole rings is 1. The number of aryl methyl sites for hydroxylation is 1. The van der Waals surface area contributed by atoms with E-state index in [0.717, 1.165) is 17.5 Å². The molecule has 4 rings (SSSR count). The fraction of sp³-hybridized carbons (Fsp3) is 0.222. The summed E-state index contributed by atoms with van der Waals surface area (Å²) >= 11 is 0. The number of nitrogens with zero attached hydrogens (tertiary/aromatic N) is 5. The van der Waals surface area contributed by atoms with Crippen LogP contribution >= 0.6 is 0 Å². The molecule has 0 amide bonds. The molecule has 8 nitrogen and oxygen atoms in total. The molecule has 2 aromatic carbocycles. The first kappa shape index (κ1) is 16.1. The van der Waals surface area contributed by atoms with Gasteiger partial charge in [0.05, 0.1) is 5.69 Å². The number of aromatic nitrogens is 5. The van der Waals surface area contributed by atoms with Gasteiger partial charge >= 0.3 is 5.69 Å². The number of benzene rings is 2. The molecule has 2 aromatic heterocycles. The summed E-state index contributed by atoms with van der Waals surface area (Å²) < 4.78 is 13.9. The fourth-order valence-electron chi connectivity index (χ4n) is 2.60. The molecule has 0 unspecified atom stereocenters. The van der Waals surface area contributed by atoms with E-state index in [9.17, 15) is 4.79 Å². The quantitative estimate of drug-likeness (QED) is 0.530. The van der Waals surface area contributed by atoms with Crippen LogP contribution < -0.4 is 10.4 Å². The Morgan fingerprint density at radius 1 is 1.08 bits per heavy atom. The average molecular weight is 351 g/mol. The van der Waals surface area contributed by atoms with E-state index >= 15 is 0 Å². The molecule has 0 aliphatic carbocycles. The maximum atomic E-state index is 12.2. The van der Waals surface area contributed by atoms with Crippen LogP contribution in [0.25, 0.3) is 16.8 Å². The van der Waals surface area contributed by atoms with Crippen molar-refractivity contribution in [1.82, 2.24) is 24.8 Å². The molecule has 2 heterocycles. The van der Waals surface area contributed by atoms with Gasteiger partial charge in [-0.05, 0) is 53.2 Å². The van der Waals surface area contributed by atoms with Crippen LogP contribution in [0.1, 0.15) is 19.2 Å². The molecule has 132 valence electrons. The summed E-state index contributed by atoms with van der Waals surface area (Å²) in [6, 6.07) is 14.6. The van der Waals surface area contributed by atoms with Crippen molar-refractivity contribution < 1.29 is 9.15 Å². The molecule has 0 saturated carbocycles. The van der Waals surface area contributed by atoms with E-state index in [4.69, 9.17) is 9.15 Å². The van der Waals surface area contributed by atoms with Gasteiger partial charge in [0, 0.05) is 6.54 Å². The van der Waals surface area contributed by atoms with E-state index in [-0.39, 0.29) is 12.3 Å². The second-order valence-corrected chi connectivity index (χ2v) is 5.75. The molecule has 0 aliphatic rings. The third kappa shape index (κ3) is 3.08. The van der Waals surface area contributed by atoms with E-state index in [2.05, 4.69) is 15.4 Å². The summed E-state index contributed by atoms with van der Waals surface area (Å²) in [6.45, 7) is 2.75. The van der Waals surface area contributed by atoms with Gasteiger partial charge in [-0.15, -0.1) is 0 Å². The first-order valence-corrected chi connectivity index (χ1v) is 8.35. The highest BCUT2D eigenvalue weighted by molar-refractivity contribution is 5.72. The highest BCUT2D eigenvalue weighted by Crippen LogP contribution is 2.18. The summed E-state index contributed by atoms with van der Waals surface area (Å²) in [5, 5.41) is 7.77. The van der Waals surface area contributed by atoms with Gasteiger partial charge in [0.15, 0.2) is 12.2 Å². The second kappa shape index (κ2) is 6.83. The van der Waals surface area contributed by atoms with E-state index < -0.39 is 0 Å². The number of hydrogen-bond donors (Lipinski definition) is 0. The number of fused-ring (bicyclic) bond motifs is 1. The summed E-state index contributed by atoms with van der Waals surface area (Å²) in [4.78, 5) is 16.6. The molecular formula is C18H17N5O3. The number of hydrogen-bond acceptors (Lipinski definition) is 6. The zero-order valence-electron chi connectivity index (χ0n) is 14.2. The van der Waals surface area contributed by atoms with Crippen LogP contribution in [0.4, 0.5) is 0 Å². The van der Waals surface area contributed by atoms with Crippen LogP contribution in [0.5, 0.6) is 5.75 Å². The molecule has 0 aliphatic heterocycles. The van der Waals surface area contributed by atoms with Crippen LogP contribution in [-0.2, 0) is 13.2 Å². The Kier molecular flexibility index (Phi) is 4.22. The topological polar surface area (TPSA) is 88.0 Å². The molecule has 4 aromatic rings. The molecule has 8 heteroatoms. The predicted molar refractivity (Wildman–Crippen MR) is 94.3 cm³/mol. The van der Waals surface area contributed by atoms with E-state index in [1.165, 1.54) is 9.36 Å². The SMILES string of the molecule is CCCn1nnn(-c2ccc(OCc3nc4ccccc4o3)cc2)c1=O. The Hall–Kier alpha value is -3.42. The summed E-state index contributed by atoms with van der Waals surface area (Å²) in [6.07, 6.45) is 0.821. The second-order valence-electron chi connectivity index (χ2n) is 5.75. The van der Waals surface area contributed by atoms with Crippen molar-refractivity contribution in [2.45, 2.75) is 26.5 Å². The standard InChI is InChI=1S/C18H17N5O3/c1-2-11-22-18(24)23(21-20-22)13-7-9-14(10-8-13)25-12-17-19-15-5-3-4-6-16(15)26-17/h3-10H,2,11-12H2,1H3. The maximum absolute atomic E-state index is 12.2. The Labute approximate surface area is 148 Å². The van der Waals surface area contributed by atoms with Gasteiger partial charge in [-0.3, -0.25) is 0 Å². The molecule has 0 fully saturated rings. The molecule has 0 spiro atoms. The fourth-order valence-corrected chi connectivity index (χ4v) is 2.60. The molecular weight excluding hydrogens is 334 g/mol. The number of ether oxygens (including phenoxy) is 1. The van der Waals surface area contributed by atoms with E-state index in [1.807, 2.05) is 31.2 Å². The molecule has 26 heavy (non-hydrogen) atoms. The molecule has 0 N–H and O–H groups in total. The van der Waals surface area contributed by atoms with Crippen LogP contribution in [0.2, 0.25) is 0 Å². The smallest absolute Gasteiger partial charge is 0.368 e. The van der Waals surface area contributed by atoms with Crippen molar-refractivity contribution in [3.63, 3.8) is 0 Å². The van der Waals surface area contributed by atoms with Crippen LogP contribution in [0.15, 0.2) is 57.7 Å². The molecule has 0 saturated heterocycles. The predicted octanol–water partition coefficient (Wildman–Crippen LogP) is 2.56. The van der Waals surface area contributed by atoms with E-state index in [1.54, 1.807) is 24.3 Å². The largest absolute Gasteiger partial charge is 0.484 e. The van der Waals surface area contributed by atoms with Gasteiger partial charge in [-0.25, -0.2) is 9.78 Å². The van der Waals surface area contributed by atoms with Crippen LogP contribution in [-0.4, -0.2) is 24.8 Å². The first-order valence-electron chi connectivity index (χ1n) is 8.35. The van der Waals surface area contributed by atoms with Crippen molar-refractivity contribution in [2.24, 2.45) is 0 Å². The van der Waals surface area contributed by atoms with Crippen molar-refractivity contribution in [3.8, 4) is 11.4 Å². The minimum atomic E-state index is -0.257. The monoisotopic (exact) mass is 351 g/mol. The molecule has 0 atom stereocenters. The van der Waals surface area contributed by atoms with Gasteiger partial charge in [-0.2, -0.15) is 9.36 Å². The first-order chi connectivity index (χ1) is 12.7. The van der Waals surface area contributed by atoms with Gasteiger partial charge < -0.3 is 9.15 Å². The van der Waals surface area contributed by atoms with Crippen molar-refractivity contribution in [1.29, 1.82) is 0 Å². The molecule has 0 radical (unpaired) electrons. The lowest BCUT2D eigenvalue weighted by Gasteiger charge is -2.04. The van der Waals surface area contributed by atoms with Crippen LogP contribution in [0, 0.1) is 0 Å². The lowest BCUT2D eigenvalue weighted by molar-refractivity contribution is 0.267. The Morgan fingerprint density at radius 3 is 2.65 bits per heavy atom. The summed E-state index contributed by atoms with van der Waals surface area (Å²) in [5.74, 6) is 1.15. The van der Waals surface area contributed by atoms with Crippen LogP contribution in [0.3, 0.4) is 0 Å². The van der Waals surface area contributed by atoms with Crippen molar-refractivity contribution in [2.75, 3.05) is 0 Å². The Morgan fingerprint density at radius 2 is 1.88 bits per heavy atom. The lowest BCUT2D eigenvalue weighted by atomic mass is 10.3. The Bertz CT molecular complexity index is 1050. The number of para-hydroxylation sites is 2. The summed E-state index contributed by atoms with van der Waals surface area (Å²) in [5.41, 5.74) is 1.91. The third-order valence-corrected chi connectivity index (χ3v) is 3.86. The maximum Gasteiger partial charge on any atom is 0.368 e. The van der Waals surface area contributed by atoms with E-state index in [0.29, 0.717) is 23.9 Å². The minimum absolute atomic E-state index is 0.223. The van der Waals surface area contributed by atoms with Crippen molar-refractivity contribution >= 4 is 11.1 Å². The minimum Gasteiger partial charge on any atom is -0.484 e. The normalized spacial score (nSPS) is 11.1. The number of rotatable bonds is 6. The van der Waals surface area contributed by atoms with Gasteiger partial charge in [0.25, 0.3) is 0 Å². The zero-order chi connectivity index (χ0) is 17.9. The van der Waals surface area contributed by atoms with Gasteiger partial charge in [0.1, 0.15) is 11.3 Å². The highest BCUT2D eigenvalue weighted by atomic mass is 16.5. The third-order valence-electron chi connectivity index (χ3n) is 3.86. The lowest BCUT2D eigenvalue weighted by Crippen LogP contribution is -2.24.